The van der Waals surface area contributed by atoms with Crippen molar-refractivity contribution in [3.8, 4) is 0 Å². The van der Waals surface area contributed by atoms with Gasteiger partial charge in [0.25, 0.3) is 5.91 Å². The van der Waals surface area contributed by atoms with Gasteiger partial charge in [-0.15, -0.1) is 0 Å². The van der Waals surface area contributed by atoms with Crippen molar-refractivity contribution in [1.29, 1.82) is 0 Å². The fourth-order valence-electron chi connectivity index (χ4n) is 1.40. The number of hydrogen-bond donors (Lipinski definition) is 0. The van der Waals surface area contributed by atoms with Gasteiger partial charge in [-0.25, -0.2) is 9.69 Å². The molecule has 0 aromatic heterocycles. The van der Waals surface area contributed by atoms with E-state index in [-0.39, 0.29) is 12.1 Å². The topological polar surface area (TPSA) is 59.0 Å². The molecule has 0 aliphatic carbocycles. The number of carbonyl (C=O) groups is 2. The highest BCUT2D eigenvalue weighted by molar-refractivity contribution is 6.29. The third-order valence-electron chi connectivity index (χ3n) is 2.12. The average Bonchev–Trinajstić information content (AvgIpc) is 2.44. The summed E-state index contributed by atoms with van der Waals surface area (Å²) in [5.41, 5.74) is 0.213. The number of rotatable bonds is 1. The summed E-state index contributed by atoms with van der Waals surface area (Å²) in [6.07, 6.45) is -0.648. The zero-order chi connectivity index (χ0) is 13.2. The summed E-state index contributed by atoms with van der Waals surface area (Å²) in [6, 6.07) is 0. The lowest BCUT2D eigenvalue weighted by molar-refractivity contribution is -0.124. The van der Waals surface area contributed by atoms with Crippen LogP contribution in [0.15, 0.2) is 17.1 Å². The lowest BCUT2D eigenvalue weighted by Crippen LogP contribution is -2.37. The summed E-state index contributed by atoms with van der Waals surface area (Å²) in [4.78, 5) is 28.7. The van der Waals surface area contributed by atoms with Crippen molar-refractivity contribution in [2.45, 2.75) is 33.3 Å². The van der Waals surface area contributed by atoms with Crippen LogP contribution < -0.4 is 0 Å². The molecular weight excluding hydrogens is 220 g/mol. The van der Waals surface area contributed by atoms with Gasteiger partial charge in [0.05, 0.1) is 17.8 Å². The Kier molecular flexibility index (Phi) is 3.70. The number of nitrogens with zero attached hydrogens (tertiary/aromatic N) is 2. The summed E-state index contributed by atoms with van der Waals surface area (Å²) >= 11 is 0. The molecule has 0 aromatic rings. The molecule has 1 fully saturated rings. The smallest absolute Gasteiger partial charge is 0.417 e. The van der Waals surface area contributed by atoms with Crippen LogP contribution in [0.2, 0.25) is 0 Å². The predicted octanol–water partition coefficient (Wildman–Crippen LogP) is 1.78. The summed E-state index contributed by atoms with van der Waals surface area (Å²) in [5.74, 6) is -0.425. The molecule has 0 saturated carbocycles. The first kappa shape index (κ1) is 13.4. The van der Waals surface area contributed by atoms with E-state index in [0.29, 0.717) is 12.3 Å². The van der Waals surface area contributed by atoms with Gasteiger partial charge < -0.3 is 4.74 Å². The maximum Gasteiger partial charge on any atom is 0.417 e. The Hall–Kier alpha value is -1.65. The normalized spacial score (nSPS) is 19.1. The van der Waals surface area contributed by atoms with Crippen LogP contribution >= 0.6 is 0 Å². The number of imide groups is 1. The van der Waals surface area contributed by atoms with Crippen LogP contribution in [0, 0.1) is 0 Å². The van der Waals surface area contributed by atoms with E-state index in [0.717, 1.165) is 4.90 Å². The molecule has 2 amide bonds. The number of carbonyl (C=O) groups excluding carboxylic acids is 2. The zero-order valence-corrected chi connectivity index (χ0v) is 10.7. The van der Waals surface area contributed by atoms with E-state index in [1.54, 1.807) is 20.8 Å². The molecule has 1 aliphatic heterocycles. The van der Waals surface area contributed by atoms with Crippen LogP contribution in [0.3, 0.4) is 0 Å². The monoisotopic (exact) mass is 238 g/mol. The summed E-state index contributed by atoms with van der Waals surface area (Å²) in [6.45, 7) is 11.5. The van der Waals surface area contributed by atoms with Gasteiger partial charge in [0, 0.05) is 6.54 Å². The third kappa shape index (κ3) is 3.15. The van der Waals surface area contributed by atoms with Gasteiger partial charge in [0.1, 0.15) is 5.60 Å². The number of likely N-dealkylation sites (tertiary alicyclic amines) is 1. The molecule has 0 unspecified atom stereocenters. The Morgan fingerprint density at radius 2 is 2.12 bits per heavy atom. The van der Waals surface area contributed by atoms with Crippen molar-refractivity contribution in [3.63, 3.8) is 0 Å². The summed E-state index contributed by atoms with van der Waals surface area (Å²) in [7, 11) is 0. The van der Waals surface area contributed by atoms with E-state index in [1.165, 1.54) is 0 Å². The van der Waals surface area contributed by atoms with E-state index in [9.17, 15) is 9.59 Å². The molecule has 0 N–H and O–H groups in total. The van der Waals surface area contributed by atoms with Gasteiger partial charge in [0.15, 0.2) is 0 Å². The minimum Gasteiger partial charge on any atom is -0.443 e. The fraction of sp³-hybridized carbons (Fsp3) is 0.583. The Morgan fingerprint density at radius 3 is 2.59 bits per heavy atom. The lowest BCUT2D eigenvalue weighted by Gasteiger charge is -2.22. The van der Waals surface area contributed by atoms with E-state index in [2.05, 4.69) is 11.6 Å². The highest BCUT2D eigenvalue weighted by atomic mass is 16.6. The fourth-order valence-corrected chi connectivity index (χ4v) is 1.40. The molecule has 0 radical (unpaired) electrons. The second-order valence-corrected chi connectivity index (χ2v) is 4.77. The van der Waals surface area contributed by atoms with Gasteiger partial charge >= 0.3 is 6.09 Å². The molecule has 0 aromatic carbocycles. The number of aliphatic imine (C=N–C) groups is 1. The maximum atomic E-state index is 11.8. The maximum absolute atomic E-state index is 11.8. The Labute approximate surface area is 101 Å². The van der Waals surface area contributed by atoms with E-state index < -0.39 is 17.6 Å². The van der Waals surface area contributed by atoms with Crippen molar-refractivity contribution < 1.29 is 14.3 Å². The van der Waals surface area contributed by atoms with Crippen molar-refractivity contribution in [2.24, 2.45) is 4.99 Å². The summed E-state index contributed by atoms with van der Waals surface area (Å²) in [5, 5.41) is 0. The van der Waals surface area contributed by atoms with Crippen LogP contribution in [0.1, 0.15) is 27.7 Å². The molecule has 5 heteroatoms. The van der Waals surface area contributed by atoms with Crippen LogP contribution in [0.25, 0.3) is 0 Å². The molecule has 1 heterocycles. The quantitative estimate of drug-likeness (QED) is 0.654. The number of amides is 2. The number of hydrogen-bond acceptors (Lipinski definition) is 4. The summed E-state index contributed by atoms with van der Waals surface area (Å²) < 4.78 is 5.14. The molecule has 5 nitrogen and oxygen atoms in total. The Balaban J connectivity index is 2.82. The highest BCUT2D eigenvalue weighted by Gasteiger charge is 2.36. The number of ether oxygens (including phenoxy) is 1. The molecule has 0 spiro atoms. The van der Waals surface area contributed by atoms with Crippen LogP contribution in [-0.4, -0.2) is 41.3 Å². The van der Waals surface area contributed by atoms with Gasteiger partial charge in [-0.05, 0) is 27.7 Å². The van der Waals surface area contributed by atoms with Gasteiger partial charge in [-0.3, -0.25) is 9.79 Å². The molecule has 1 rings (SSSR count). The van der Waals surface area contributed by atoms with Crippen LogP contribution in [0.5, 0.6) is 0 Å². The second kappa shape index (κ2) is 4.69. The first-order valence-corrected chi connectivity index (χ1v) is 5.53. The van der Waals surface area contributed by atoms with Crippen molar-refractivity contribution >= 4 is 17.7 Å². The molecule has 94 valence electrons. The molecular formula is C12H18N2O3. The van der Waals surface area contributed by atoms with E-state index in [1.807, 2.05) is 6.92 Å². The van der Waals surface area contributed by atoms with E-state index in [4.69, 9.17) is 4.74 Å². The standard InChI is InChI=1S/C12H18N2O3/c1-6-13-9-7-14(10(15)8(9)2)11(16)17-12(3,4)5/h2,6-7H2,1,3-5H3. The van der Waals surface area contributed by atoms with E-state index >= 15 is 0 Å². The zero-order valence-electron chi connectivity index (χ0n) is 10.7. The SMILES string of the molecule is C=C1C(=O)N(C(=O)OC(C)(C)C)CC1=NCC. The molecule has 17 heavy (non-hydrogen) atoms. The largest absolute Gasteiger partial charge is 0.443 e. The Bertz CT molecular complexity index is 391. The minimum absolute atomic E-state index is 0.153. The first-order chi connectivity index (χ1) is 7.76. The van der Waals surface area contributed by atoms with Gasteiger partial charge in [-0.2, -0.15) is 0 Å². The van der Waals surface area contributed by atoms with Gasteiger partial charge in [0.2, 0.25) is 0 Å². The third-order valence-corrected chi connectivity index (χ3v) is 2.12. The van der Waals surface area contributed by atoms with Crippen LogP contribution in [0.4, 0.5) is 4.79 Å². The first-order valence-electron chi connectivity index (χ1n) is 5.53. The molecule has 1 saturated heterocycles. The molecule has 1 aliphatic rings. The minimum atomic E-state index is -0.648. The second-order valence-electron chi connectivity index (χ2n) is 4.77. The van der Waals surface area contributed by atoms with Crippen molar-refractivity contribution in [2.75, 3.05) is 13.1 Å². The molecule has 0 atom stereocenters. The highest BCUT2D eigenvalue weighted by Crippen LogP contribution is 2.17. The lowest BCUT2D eigenvalue weighted by atomic mass is 10.2. The average molecular weight is 238 g/mol. The molecule has 0 bridgehead atoms. The van der Waals surface area contributed by atoms with Crippen molar-refractivity contribution in [3.05, 3.63) is 12.2 Å². The predicted molar refractivity (Wildman–Crippen MR) is 65.1 cm³/mol. The Morgan fingerprint density at radius 1 is 1.53 bits per heavy atom. The van der Waals surface area contributed by atoms with Crippen molar-refractivity contribution in [1.82, 2.24) is 4.90 Å². The van der Waals surface area contributed by atoms with Crippen LogP contribution in [-0.2, 0) is 9.53 Å². The van der Waals surface area contributed by atoms with Gasteiger partial charge in [-0.1, -0.05) is 6.58 Å².